The molecule has 2 nitrogen and oxygen atoms in total. The molecule has 0 aliphatic rings. The molecule has 3 heteroatoms. The molecule has 1 N–H and O–H groups in total. The Balaban J connectivity index is 0. The molecule has 0 bridgehead atoms. The topological polar surface area (TPSA) is 37.3 Å². The fraction of sp³-hybridized carbons (Fsp3) is 0.967. The van der Waals surface area contributed by atoms with Crippen LogP contribution in [0.5, 0.6) is 0 Å². The molecule has 0 saturated heterocycles. The molecule has 33 heavy (non-hydrogen) atoms. The Morgan fingerprint density at radius 3 is 0.758 bits per heavy atom. The molecule has 193 valence electrons. The smallest absolute Gasteiger partial charge is 0.303 e. The molecule has 0 saturated carbocycles. The van der Waals surface area contributed by atoms with Crippen molar-refractivity contribution in [2.45, 2.75) is 187 Å². The molecule has 0 heterocycles. The van der Waals surface area contributed by atoms with Gasteiger partial charge in [-0.3, -0.25) is 4.79 Å². The molecule has 0 atom stereocenters. The van der Waals surface area contributed by atoms with Gasteiger partial charge in [0.05, 0.1) is 0 Å². The van der Waals surface area contributed by atoms with Gasteiger partial charge in [-0.25, -0.2) is 0 Å². The summed E-state index contributed by atoms with van der Waals surface area (Å²) in [5.41, 5.74) is 0. The molecular formula is C30H60NaO2. The van der Waals surface area contributed by atoms with Crippen LogP contribution in [0, 0.1) is 0 Å². The van der Waals surface area contributed by atoms with Crippen molar-refractivity contribution in [3.05, 3.63) is 0 Å². The van der Waals surface area contributed by atoms with Gasteiger partial charge in [0.1, 0.15) is 0 Å². The summed E-state index contributed by atoms with van der Waals surface area (Å²) >= 11 is 0. The second kappa shape index (κ2) is 32.5. The number of hydrogen-bond donors (Lipinski definition) is 1. The van der Waals surface area contributed by atoms with E-state index in [2.05, 4.69) is 6.92 Å². The van der Waals surface area contributed by atoms with Gasteiger partial charge in [0.25, 0.3) is 0 Å². The molecule has 0 fully saturated rings. The first kappa shape index (κ1) is 35.6. The third kappa shape index (κ3) is 34.7. The van der Waals surface area contributed by atoms with Crippen molar-refractivity contribution in [3.8, 4) is 0 Å². The van der Waals surface area contributed by atoms with Gasteiger partial charge >= 0.3 is 5.97 Å². The van der Waals surface area contributed by atoms with Gasteiger partial charge in [0, 0.05) is 36.0 Å². The van der Waals surface area contributed by atoms with Gasteiger partial charge in [-0.05, 0) is 6.42 Å². The van der Waals surface area contributed by atoms with Crippen LogP contribution >= 0.6 is 0 Å². The quantitative estimate of drug-likeness (QED) is 0.0902. The number of aliphatic carboxylic acids is 1. The Morgan fingerprint density at radius 2 is 0.576 bits per heavy atom. The number of hydrogen-bond acceptors (Lipinski definition) is 1. The van der Waals surface area contributed by atoms with Gasteiger partial charge in [-0.15, -0.1) is 0 Å². The maximum absolute atomic E-state index is 10.4. The first-order chi connectivity index (χ1) is 15.8. The van der Waals surface area contributed by atoms with E-state index in [1.807, 2.05) is 0 Å². The van der Waals surface area contributed by atoms with Crippen LogP contribution < -0.4 is 0 Å². The second-order valence-corrected chi connectivity index (χ2v) is 10.3. The number of unbranched alkanes of at least 4 members (excludes halogenated alkanes) is 26. The maximum atomic E-state index is 10.4. The monoisotopic (exact) mass is 475 g/mol. The van der Waals surface area contributed by atoms with Gasteiger partial charge < -0.3 is 5.11 Å². The zero-order chi connectivity index (χ0) is 23.4. The van der Waals surface area contributed by atoms with Crippen LogP contribution in [0.3, 0.4) is 0 Å². The SMILES string of the molecule is CCCCCCCCCCCCCCCCCCCCCCCCCCCCCC(=O)O.[Na]. The zero-order valence-electron chi connectivity index (χ0n) is 23.2. The first-order valence-electron chi connectivity index (χ1n) is 15.0. The van der Waals surface area contributed by atoms with Crippen LogP contribution in [0.25, 0.3) is 0 Å². The molecule has 0 spiro atoms. The standard InChI is InChI=1S/C30H60O2.Na/c1-2-3-4-5-6-7-8-9-10-11-12-13-14-15-16-17-18-19-20-21-22-23-24-25-26-27-28-29-30(31)32;/h2-29H2,1H3,(H,31,32);. The van der Waals surface area contributed by atoms with E-state index in [4.69, 9.17) is 5.11 Å². The number of carboxylic acids is 1. The summed E-state index contributed by atoms with van der Waals surface area (Å²) in [6, 6.07) is 0. The van der Waals surface area contributed by atoms with Crippen LogP contribution in [0.4, 0.5) is 0 Å². The van der Waals surface area contributed by atoms with Crippen LogP contribution in [-0.2, 0) is 4.79 Å². The van der Waals surface area contributed by atoms with Crippen LogP contribution in [0.2, 0.25) is 0 Å². The Kier molecular flexibility index (Phi) is 35.1. The Morgan fingerprint density at radius 1 is 0.394 bits per heavy atom. The Hall–Kier alpha value is 0.470. The number of rotatable bonds is 28. The van der Waals surface area contributed by atoms with E-state index in [1.165, 1.54) is 161 Å². The van der Waals surface area contributed by atoms with E-state index < -0.39 is 5.97 Å². The molecule has 0 unspecified atom stereocenters. The minimum atomic E-state index is -0.649. The van der Waals surface area contributed by atoms with Crippen molar-refractivity contribution in [3.63, 3.8) is 0 Å². The van der Waals surface area contributed by atoms with Gasteiger partial charge in [0.2, 0.25) is 0 Å². The minimum absolute atomic E-state index is 0. The van der Waals surface area contributed by atoms with Crippen LogP contribution in [-0.4, -0.2) is 40.6 Å². The maximum Gasteiger partial charge on any atom is 0.303 e. The van der Waals surface area contributed by atoms with E-state index in [9.17, 15) is 4.79 Å². The third-order valence-electron chi connectivity index (χ3n) is 6.99. The van der Waals surface area contributed by atoms with E-state index in [-0.39, 0.29) is 29.6 Å². The zero-order valence-corrected chi connectivity index (χ0v) is 25.2. The normalized spacial score (nSPS) is 10.9. The minimum Gasteiger partial charge on any atom is -0.481 e. The van der Waals surface area contributed by atoms with E-state index in [0.29, 0.717) is 6.42 Å². The third-order valence-corrected chi connectivity index (χ3v) is 6.99. The molecule has 0 aromatic carbocycles. The Bertz CT molecular complexity index is 359. The van der Waals surface area contributed by atoms with Crippen LogP contribution in [0.15, 0.2) is 0 Å². The molecule has 0 rings (SSSR count). The van der Waals surface area contributed by atoms with E-state index in [1.54, 1.807) is 0 Å². The summed E-state index contributed by atoms with van der Waals surface area (Å²) in [6.45, 7) is 2.30. The largest absolute Gasteiger partial charge is 0.481 e. The average Bonchev–Trinajstić information content (AvgIpc) is 2.78. The fourth-order valence-corrected chi connectivity index (χ4v) is 4.77. The van der Waals surface area contributed by atoms with Gasteiger partial charge in [-0.1, -0.05) is 174 Å². The van der Waals surface area contributed by atoms with Gasteiger partial charge in [0.15, 0.2) is 0 Å². The predicted molar refractivity (Wildman–Crippen MR) is 148 cm³/mol. The van der Waals surface area contributed by atoms with E-state index in [0.717, 1.165) is 12.8 Å². The van der Waals surface area contributed by atoms with Crippen molar-refractivity contribution in [1.29, 1.82) is 0 Å². The summed E-state index contributed by atoms with van der Waals surface area (Å²) in [4.78, 5) is 10.4. The molecule has 0 aliphatic carbocycles. The van der Waals surface area contributed by atoms with Gasteiger partial charge in [-0.2, -0.15) is 0 Å². The summed E-state index contributed by atoms with van der Waals surface area (Å²) in [5, 5.41) is 8.61. The van der Waals surface area contributed by atoms with Crippen molar-refractivity contribution in [2.75, 3.05) is 0 Å². The summed E-state index contributed by atoms with van der Waals surface area (Å²) < 4.78 is 0. The summed E-state index contributed by atoms with van der Waals surface area (Å²) in [5.74, 6) is -0.649. The van der Waals surface area contributed by atoms with Crippen molar-refractivity contribution in [1.82, 2.24) is 0 Å². The van der Waals surface area contributed by atoms with Crippen molar-refractivity contribution in [2.24, 2.45) is 0 Å². The van der Waals surface area contributed by atoms with Crippen molar-refractivity contribution < 1.29 is 9.90 Å². The Labute approximate surface area is 231 Å². The second-order valence-electron chi connectivity index (χ2n) is 10.3. The van der Waals surface area contributed by atoms with E-state index >= 15 is 0 Å². The number of carbonyl (C=O) groups is 1. The average molecular weight is 476 g/mol. The molecule has 0 aromatic heterocycles. The molecule has 1 radical (unpaired) electrons. The van der Waals surface area contributed by atoms with Crippen molar-refractivity contribution >= 4 is 35.5 Å². The van der Waals surface area contributed by atoms with Crippen LogP contribution in [0.1, 0.15) is 187 Å². The molecule has 0 aromatic rings. The summed E-state index contributed by atoms with van der Waals surface area (Å²) in [6.07, 6.45) is 38.0. The number of carboxylic acid groups (broad SMARTS) is 1. The molecular weight excluding hydrogens is 415 g/mol. The molecule has 0 amide bonds. The fourth-order valence-electron chi connectivity index (χ4n) is 4.77. The summed E-state index contributed by atoms with van der Waals surface area (Å²) in [7, 11) is 0. The first-order valence-corrected chi connectivity index (χ1v) is 15.0. The predicted octanol–water partition coefficient (Wildman–Crippen LogP) is 10.6. The molecule has 0 aliphatic heterocycles.